The normalized spacial score (nSPS) is 17.1. The Labute approximate surface area is 186 Å². The Kier molecular flexibility index (Phi) is 5.34. The number of hydrazine groups is 1. The number of rotatable bonds is 3. The molecule has 31 heavy (non-hydrogen) atoms. The first-order valence-electron chi connectivity index (χ1n) is 10.6. The van der Waals surface area contributed by atoms with Crippen molar-refractivity contribution in [1.82, 2.24) is 14.9 Å². The summed E-state index contributed by atoms with van der Waals surface area (Å²) >= 11 is 6.29. The summed E-state index contributed by atoms with van der Waals surface area (Å²) in [5.41, 5.74) is 8.61. The zero-order valence-corrected chi connectivity index (χ0v) is 18.1. The highest BCUT2D eigenvalue weighted by molar-refractivity contribution is 6.31. The molecule has 0 aliphatic carbocycles. The van der Waals surface area contributed by atoms with E-state index >= 15 is 0 Å². The summed E-state index contributed by atoms with van der Waals surface area (Å²) < 4.78 is 0. The maximum atomic E-state index is 13.2. The van der Waals surface area contributed by atoms with Gasteiger partial charge < -0.3 is 4.90 Å². The molecule has 1 amide bonds. The maximum Gasteiger partial charge on any atom is 0.250 e. The molecule has 1 saturated heterocycles. The highest BCUT2D eigenvalue weighted by atomic mass is 35.5. The van der Waals surface area contributed by atoms with E-state index < -0.39 is 0 Å². The van der Waals surface area contributed by atoms with Crippen LogP contribution in [0.4, 0.5) is 11.4 Å². The van der Waals surface area contributed by atoms with Gasteiger partial charge in [0.05, 0.1) is 23.5 Å². The van der Waals surface area contributed by atoms with Crippen molar-refractivity contribution in [1.29, 1.82) is 0 Å². The molecule has 2 aliphatic heterocycles. The summed E-state index contributed by atoms with van der Waals surface area (Å²) in [7, 11) is 2.18. The van der Waals surface area contributed by atoms with E-state index in [0.717, 1.165) is 35.6 Å². The van der Waals surface area contributed by atoms with Crippen molar-refractivity contribution in [3.63, 3.8) is 0 Å². The van der Waals surface area contributed by atoms with Crippen molar-refractivity contribution in [3.8, 4) is 11.3 Å². The van der Waals surface area contributed by atoms with Gasteiger partial charge in [0.1, 0.15) is 6.33 Å². The maximum absolute atomic E-state index is 13.2. The summed E-state index contributed by atoms with van der Waals surface area (Å²) in [5.74, 6) is 0.508. The number of anilines is 2. The first-order chi connectivity index (χ1) is 15.1. The van der Waals surface area contributed by atoms with Gasteiger partial charge in [-0.3, -0.25) is 10.2 Å². The summed E-state index contributed by atoms with van der Waals surface area (Å²) in [4.78, 5) is 24.1. The molecule has 7 heteroatoms. The third kappa shape index (κ3) is 4.01. The summed E-state index contributed by atoms with van der Waals surface area (Å²) in [6.07, 6.45) is 5.78. The van der Waals surface area contributed by atoms with Crippen LogP contribution in [0.25, 0.3) is 11.3 Å². The number of hydrogen-bond acceptors (Lipinski definition) is 5. The fraction of sp³-hybridized carbons (Fsp3) is 0.292. The molecule has 0 unspecified atom stereocenters. The minimum atomic E-state index is -0.0866. The van der Waals surface area contributed by atoms with E-state index in [2.05, 4.69) is 39.5 Å². The minimum Gasteiger partial charge on any atom is -0.306 e. The van der Waals surface area contributed by atoms with Gasteiger partial charge in [-0.25, -0.2) is 15.0 Å². The number of nitrogens with zero attached hydrogens (tertiary/aromatic N) is 4. The van der Waals surface area contributed by atoms with Crippen molar-refractivity contribution in [2.75, 3.05) is 30.6 Å². The van der Waals surface area contributed by atoms with E-state index in [9.17, 15) is 4.79 Å². The summed E-state index contributed by atoms with van der Waals surface area (Å²) in [5, 5.41) is 2.14. The lowest BCUT2D eigenvalue weighted by molar-refractivity contribution is -0.117. The third-order valence-electron chi connectivity index (χ3n) is 6.18. The lowest BCUT2D eigenvalue weighted by Crippen LogP contribution is -2.37. The van der Waals surface area contributed by atoms with E-state index in [1.807, 2.05) is 24.3 Å². The fourth-order valence-electron chi connectivity index (χ4n) is 4.42. The van der Waals surface area contributed by atoms with Crippen LogP contribution in [-0.2, 0) is 11.2 Å². The molecule has 1 aromatic heterocycles. The van der Waals surface area contributed by atoms with Gasteiger partial charge in [-0.05, 0) is 74.8 Å². The Hall–Kier alpha value is -2.96. The predicted molar refractivity (Wildman–Crippen MR) is 123 cm³/mol. The Morgan fingerprint density at radius 3 is 2.65 bits per heavy atom. The lowest BCUT2D eigenvalue weighted by Gasteiger charge is -2.29. The monoisotopic (exact) mass is 433 g/mol. The number of fused-ring (bicyclic) bond motifs is 3. The number of amides is 1. The number of hydrogen-bond donors (Lipinski definition) is 1. The van der Waals surface area contributed by atoms with Gasteiger partial charge in [-0.2, -0.15) is 0 Å². The SMILES string of the molecule is CN1CCC(c2ccc(NN3C(=O)Cc4cncnc4-c4ccc(Cl)cc43)cc2)CC1. The molecule has 0 atom stereocenters. The van der Waals surface area contributed by atoms with Crippen LogP contribution in [0.5, 0.6) is 0 Å². The molecule has 3 heterocycles. The van der Waals surface area contributed by atoms with Crippen LogP contribution in [0.1, 0.15) is 29.9 Å². The summed E-state index contributed by atoms with van der Waals surface area (Å²) in [6.45, 7) is 2.27. The molecule has 1 N–H and O–H groups in total. The van der Waals surface area contributed by atoms with E-state index in [1.54, 1.807) is 17.3 Å². The van der Waals surface area contributed by atoms with Crippen LogP contribution in [0.15, 0.2) is 55.0 Å². The number of likely N-dealkylation sites (tertiary alicyclic amines) is 1. The van der Waals surface area contributed by atoms with Gasteiger partial charge in [0, 0.05) is 22.3 Å². The van der Waals surface area contributed by atoms with Crippen LogP contribution in [0.3, 0.4) is 0 Å². The molecule has 2 aliphatic rings. The molecule has 3 aromatic rings. The van der Waals surface area contributed by atoms with E-state index in [1.165, 1.54) is 24.7 Å². The average molecular weight is 434 g/mol. The highest BCUT2D eigenvalue weighted by Gasteiger charge is 2.27. The van der Waals surface area contributed by atoms with Crippen molar-refractivity contribution < 1.29 is 4.79 Å². The van der Waals surface area contributed by atoms with E-state index in [-0.39, 0.29) is 12.3 Å². The summed E-state index contributed by atoms with van der Waals surface area (Å²) in [6, 6.07) is 13.9. The lowest BCUT2D eigenvalue weighted by atomic mass is 9.89. The molecule has 0 bridgehead atoms. The quantitative estimate of drug-likeness (QED) is 0.657. The Bertz CT molecular complexity index is 1110. The van der Waals surface area contributed by atoms with Gasteiger partial charge in [0.25, 0.3) is 0 Å². The Balaban J connectivity index is 1.44. The molecular formula is C24H24ClN5O. The second-order valence-corrected chi connectivity index (χ2v) is 8.71. The van der Waals surface area contributed by atoms with Gasteiger partial charge in [-0.15, -0.1) is 0 Å². The fourth-order valence-corrected chi connectivity index (χ4v) is 4.59. The molecule has 2 aromatic carbocycles. The Morgan fingerprint density at radius 1 is 1.10 bits per heavy atom. The topological polar surface area (TPSA) is 61.4 Å². The predicted octanol–water partition coefficient (Wildman–Crippen LogP) is 4.52. The zero-order chi connectivity index (χ0) is 21.4. The number of benzene rings is 2. The molecule has 6 nitrogen and oxygen atoms in total. The number of carbonyl (C=O) groups excluding carboxylic acids is 1. The molecule has 0 spiro atoms. The minimum absolute atomic E-state index is 0.0866. The van der Waals surface area contributed by atoms with Gasteiger partial charge in [0.15, 0.2) is 0 Å². The van der Waals surface area contributed by atoms with E-state index in [4.69, 9.17) is 11.6 Å². The zero-order valence-electron chi connectivity index (χ0n) is 17.4. The van der Waals surface area contributed by atoms with Crippen molar-refractivity contribution in [2.24, 2.45) is 0 Å². The molecule has 0 saturated carbocycles. The first-order valence-corrected chi connectivity index (χ1v) is 10.9. The van der Waals surface area contributed by atoms with Crippen molar-refractivity contribution in [3.05, 3.63) is 71.1 Å². The number of nitrogens with one attached hydrogen (secondary N) is 1. The van der Waals surface area contributed by atoms with Gasteiger partial charge in [0.2, 0.25) is 5.91 Å². The molecular weight excluding hydrogens is 410 g/mol. The largest absolute Gasteiger partial charge is 0.306 e. The molecule has 0 radical (unpaired) electrons. The second kappa shape index (κ2) is 8.29. The van der Waals surface area contributed by atoms with Crippen LogP contribution < -0.4 is 10.4 Å². The number of piperidine rings is 1. The first kappa shape index (κ1) is 20.0. The van der Waals surface area contributed by atoms with Gasteiger partial charge >= 0.3 is 0 Å². The average Bonchev–Trinajstić information content (AvgIpc) is 2.89. The van der Waals surface area contributed by atoms with Crippen molar-refractivity contribution in [2.45, 2.75) is 25.2 Å². The molecule has 5 rings (SSSR count). The number of aromatic nitrogens is 2. The van der Waals surface area contributed by atoms with Crippen molar-refractivity contribution >= 4 is 28.9 Å². The third-order valence-corrected chi connectivity index (χ3v) is 6.41. The standard InChI is InChI=1S/C24H24ClN5O/c1-29-10-8-17(9-11-29)16-2-5-20(6-3-16)28-30-22-13-19(25)4-7-21(22)24-18(12-23(30)31)14-26-15-27-24/h2-7,13-15,17,28H,8-12H2,1H3. The van der Waals surface area contributed by atoms with Crippen LogP contribution in [0.2, 0.25) is 5.02 Å². The van der Waals surface area contributed by atoms with Gasteiger partial charge in [-0.1, -0.05) is 23.7 Å². The van der Waals surface area contributed by atoms with E-state index in [0.29, 0.717) is 16.6 Å². The van der Waals surface area contributed by atoms with Crippen LogP contribution in [-0.4, -0.2) is 40.9 Å². The second-order valence-electron chi connectivity index (χ2n) is 8.28. The number of carbonyl (C=O) groups is 1. The molecule has 1 fully saturated rings. The highest BCUT2D eigenvalue weighted by Crippen LogP contribution is 2.37. The number of halogens is 1. The van der Waals surface area contributed by atoms with Crippen LogP contribution in [0, 0.1) is 0 Å². The van der Waals surface area contributed by atoms with Crippen LogP contribution >= 0.6 is 11.6 Å². The molecule has 158 valence electrons. The smallest absolute Gasteiger partial charge is 0.250 e. The Morgan fingerprint density at radius 2 is 1.87 bits per heavy atom.